The molecule has 3 atom stereocenters. The molecule has 0 saturated carbocycles. The lowest BCUT2D eigenvalue weighted by molar-refractivity contribution is -0.103. The number of rotatable bonds is 2. The van der Waals surface area contributed by atoms with Crippen LogP contribution >= 0.6 is 0 Å². The first-order chi connectivity index (χ1) is 7.66. The summed E-state index contributed by atoms with van der Waals surface area (Å²) in [4.78, 5) is 2.63. The van der Waals surface area contributed by atoms with Crippen LogP contribution in [0.1, 0.15) is 33.6 Å². The third kappa shape index (κ3) is 2.96. The number of nitrogens with one attached hydrogen (secondary N) is 1. The molecule has 2 fully saturated rings. The van der Waals surface area contributed by atoms with Crippen LogP contribution in [-0.2, 0) is 4.74 Å². The Labute approximate surface area is 99.5 Å². The van der Waals surface area contributed by atoms with Crippen LogP contribution in [0.25, 0.3) is 0 Å². The van der Waals surface area contributed by atoms with Crippen LogP contribution in [0.5, 0.6) is 0 Å². The van der Waals surface area contributed by atoms with E-state index < -0.39 is 0 Å². The molecule has 0 spiro atoms. The fourth-order valence-electron chi connectivity index (χ4n) is 2.95. The fourth-order valence-corrected chi connectivity index (χ4v) is 2.95. The minimum absolute atomic E-state index is 0.380. The van der Waals surface area contributed by atoms with E-state index in [1.165, 1.54) is 32.5 Å². The van der Waals surface area contributed by atoms with Crippen LogP contribution in [0.15, 0.2) is 0 Å². The van der Waals surface area contributed by atoms with Crippen molar-refractivity contribution in [1.29, 1.82) is 0 Å². The third-order valence-electron chi connectivity index (χ3n) is 4.15. The maximum atomic E-state index is 5.86. The zero-order valence-electron chi connectivity index (χ0n) is 10.9. The second-order valence-corrected chi connectivity index (χ2v) is 5.54. The largest absolute Gasteiger partial charge is 0.373 e. The van der Waals surface area contributed by atoms with Crippen molar-refractivity contribution in [1.82, 2.24) is 10.2 Å². The zero-order valence-corrected chi connectivity index (χ0v) is 10.9. The molecule has 2 rings (SSSR count). The maximum absolute atomic E-state index is 5.86. The van der Waals surface area contributed by atoms with Crippen LogP contribution < -0.4 is 5.32 Å². The van der Waals surface area contributed by atoms with Crippen molar-refractivity contribution in [3.63, 3.8) is 0 Å². The van der Waals surface area contributed by atoms with Gasteiger partial charge in [-0.2, -0.15) is 0 Å². The second kappa shape index (κ2) is 5.48. The van der Waals surface area contributed by atoms with Crippen molar-refractivity contribution in [3.05, 3.63) is 0 Å². The highest BCUT2D eigenvalue weighted by atomic mass is 16.5. The van der Waals surface area contributed by atoms with Crippen LogP contribution in [0.2, 0.25) is 0 Å². The monoisotopic (exact) mass is 226 g/mol. The molecule has 2 heterocycles. The number of ether oxygens (including phenoxy) is 1. The summed E-state index contributed by atoms with van der Waals surface area (Å²) in [6.45, 7) is 11.5. The first-order valence-corrected chi connectivity index (χ1v) is 6.77. The Morgan fingerprint density at radius 3 is 2.56 bits per heavy atom. The van der Waals surface area contributed by atoms with Crippen LogP contribution in [-0.4, -0.2) is 49.3 Å². The standard InChI is InChI=1S/C13H26N2O/c1-10-8-15(11(2)12(3)16-10)9-13-4-6-14-7-5-13/h10-14H,4-9H2,1-3H3. The van der Waals surface area contributed by atoms with Gasteiger partial charge < -0.3 is 10.1 Å². The Kier molecular flexibility index (Phi) is 4.22. The predicted molar refractivity (Wildman–Crippen MR) is 66.6 cm³/mol. The molecule has 0 radical (unpaired) electrons. The van der Waals surface area contributed by atoms with Gasteiger partial charge >= 0.3 is 0 Å². The van der Waals surface area contributed by atoms with Gasteiger partial charge in [-0.15, -0.1) is 0 Å². The zero-order chi connectivity index (χ0) is 11.5. The first kappa shape index (κ1) is 12.3. The van der Waals surface area contributed by atoms with Crippen molar-refractivity contribution in [2.24, 2.45) is 5.92 Å². The quantitative estimate of drug-likeness (QED) is 0.772. The molecular formula is C13H26N2O. The predicted octanol–water partition coefficient (Wildman–Crippen LogP) is 1.48. The molecule has 0 bridgehead atoms. The van der Waals surface area contributed by atoms with Gasteiger partial charge in [0.15, 0.2) is 0 Å². The van der Waals surface area contributed by atoms with Gasteiger partial charge in [-0.3, -0.25) is 4.90 Å². The van der Waals surface area contributed by atoms with Gasteiger partial charge in [0.05, 0.1) is 12.2 Å². The topological polar surface area (TPSA) is 24.5 Å². The van der Waals surface area contributed by atoms with Crippen LogP contribution in [0, 0.1) is 5.92 Å². The summed E-state index contributed by atoms with van der Waals surface area (Å²) in [6, 6.07) is 0.575. The molecule has 3 heteroatoms. The van der Waals surface area contributed by atoms with Gasteiger partial charge in [0.25, 0.3) is 0 Å². The lowest BCUT2D eigenvalue weighted by Gasteiger charge is -2.43. The highest BCUT2D eigenvalue weighted by Gasteiger charge is 2.30. The molecule has 0 aromatic rings. The third-order valence-corrected chi connectivity index (χ3v) is 4.15. The van der Waals surface area contributed by atoms with Crippen molar-refractivity contribution < 1.29 is 4.74 Å². The van der Waals surface area contributed by atoms with E-state index in [0.29, 0.717) is 18.2 Å². The maximum Gasteiger partial charge on any atom is 0.0703 e. The molecule has 0 aliphatic carbocycles. The van der Waals surface area contributed by atoms with Gasteiger partial charge in [-0.05, 0) is 52.6 Å². The van der Waals surface area contributed by atoms with Gasteiger partial charge in [0.2, 0.25) is 0 Å². The Balaban J connectivity index is 1.86. The van der Waals surface area contributed by atoms with Crippen LogP contribution in [0.3, 0.4) is 0 Å². The van der Waals surface area contributed by atoms with Crippen molar-refractivity contribution in [3.8, 4) is 0 Å². The van der Waals surface area contributed by atoms with E-state index in [0.717, 1.165) is 12.5 Å². The van der Waals surface area contributed by atoms with Gasteiger partial charge in [0.1, 0.15) is 0 Å². The van der Waals surface area contributed by atoms with E-state index in [1.54, 1.807) is 0 Å². The van der Waals surface area contributed by atoms with E-state index in [-0.39, 0.29) is 0 Å². The summed E-state index contributed by atoms with van der Waals surface area (Å²) in [5.74, 6) is 0.890. The number of nitrogens with zero attached hydrogens (tertiary/aromatic N) is 1. The molecule has 0 aromatic carbocycles. The molecule has 3 nitrogen and oxygen atoms in total. The number of morpholine rings is 1. The smallest absolute Gasteiger partial charge is 0.0703 e. The van der Waals surface area contributed by atoms with Crippen molar-refractivity contribution in [2.75, 3.05) is 26.2 Å². The number of piperidine rings is 1. The average molecular weight is 226 g/mol. The summed E-state index contributed by atoms with van der Waals surface area (Å²) in [6.07, 6.45) is 3.46. The molecule has 3 unspecified atom stereocenters. The molecular weight excluding hydrogens is 200 g/mol. The minimum atomic E-state index is 0.380. The first-order valence-electron chi connectivity index (χ1n) is 6.77. The summed E-state index contributed by atoms with van der Waals surface area (Å²) in [7, 11) is 0. The molecule has 0 amide bonds. The molecule has 2 saturated heterocycles. The van der Waals surface area contributed by atoms with Gasteiger partial charge in [0, 0.05) is 19.1 Å². The van der Waals surface area contributed by atoms with Crippen LogP contribution in [0.4, 0.5) is 0 Å². The van der Waals surface area contributed by atoms with E-state index in [2.05, 4.69) is 31.0 Å². The second-order valence-electron chi connectivity index (χ2n) is 5.54. The molecule has 94 valence electrons. The van der Waals surface area contributed by atoms with Crippen molar-refractivity contribution >= 4 is 0 Å². The van der Waals surface area contributed by atoms with E-state index in [1.807, 2.05) is 0 Å². The fraction of sp³-hybridized carbons (Fsp3) is 1.00. The summed E-state index contributed by atoms with van der Waals surface area (Å²) in [5, 5.41) is 3.44. The Bertz CT molecular complexity index is 216. The molecule has 2 aliphatic heterocycles. The SMILES string of the molecule is CC1CN(CC2CCNCC2)C(C)C(C)O1. The highest BCUT2D eigenvalue weighted by Crippen LogP contribution is 2.21. The summed E-state index contributed by atoms with van der Waals surface area (Å²) < 4.78 is 5.86. The average Bonchev–Trinajstić information content (AvgIpc) is 2.27. The molecule has 1 N–H and O–H groups in total. The summed E-state index contributed by atoms with van der Waals surface area (Å²) in [5.41, 5.74) is 0. The van der Waals surface area contributed by atoms with Gasteiger partial charge in [-0.1, -0.05) is 0 Å². The molecule has 16 heavy (non-hydrogen) atoms. The number of hydrogen-bond donors (Lipinski definition) is 1. The summed E-state index contributed by atoms with van der Waals surface area (Å²) >= 11 is 0. The Morgan fingerprint density at radius 2 is 1.88 bits per heavy atom. The normalized spacial score (nSPS) is 38.8. The van der Waals surface area contributed by atoms with Gasteiger partial charge in [-0.25, -0.2) is 0 Å². The van der Waals surface area contributed by atoms with E-state index >= 15 is 0 Å². The Morgan fingerprint density at radius 1 is 1.19 bits per heavy atom. The minimum Gasteiger partial charge on any atom is -0.373 e. The van der Waals surface area contributed by atoms with E-state index in [9.17, 15) is 0 Å². The lowest BCUT2D eigenvalue weighted by atomic mass is 9.96. The molecule has 2 aliphatic rings. The Hall–Kier alpha value is -0.120. The highest BCUT2D eigenvalue weighted by molar-refractivity contribution is 4.83. The molecule has 0 aromatic heterocycles. The van der Waals surface area contributed by atoms with E-state index in [4.69, 9.17) is 4.74 Å². The van der Waals surface area contributed by atoms with Crippen molar-refractivity contribution in [2.45, 2.75) is 51.9 Å². The number of hydrogen-bond acceptors (Lipinski definition) is 3. The lowest BCUT2D eigenvalue weighted by Crippen LogP contribution is -2.53.